The fourth-order valence-corrected chi connectivity index (χ4v) is 2.48. The number of H-pyrrole nitrogens is 1. The van der Waals surface area contributed by atoms with E-state index in [1.54, 1.807) is 0 Å². The monoisotopic (exact) mass is 283 g/mol. The van der Waals surface area contributed by atoms with Crippen LogP contribution in [0.2, 0.25) is 0 Å². The van der Waals surface area contributed by atoms with Gasteiger partial charge in [-0.25, -0.2) is 0 Å². The van der Waals surface area contributed by atoms with Crippen molar-refractivity contribution in [2.24, 2.45) is 5.92 Å². The maximum atomic E-state index is 11.6. The van der Waals surface area contributed by atoms with Crippen LogP contribution in [-0.4, -0.2) is 15.8 Å². The second-order valence-electron chi connectivity index (χ2n) is 5.30. The van der Waals surface area contributed by atoms with Crippen LogP contribution in [0.15, 0.2) is 41.2 Å². The minimum atomic E-state index is -0.393. The van der Waals surface area contributed by atoms with Crippen LogP contribution in [0.25, 0.3) is 0 Å². The van der Waals surface area contributed by atoms with Gasteiger partial charge in [-0.3, -0.25) is 4.79 Å². The Morgan fingerprint density at radius 2 is 2.00 bits per heavy atom. The summed E-state index contributed by atoms with van der Waals surface area (Å²) in [7, 11) is 0. The molecule has 0 amide bonds. The third kappa shape index (κ3) is 2.67. The molecule has 0 saturated heterocycles. The standard InChI is InChI=1S/C16H17N3O2/c17-15(10-5-4-6-10)14-12(20)9-13(21)19-16(14)18-11-7-2-1-3-8-11/h1-3,7-10,17H,4-6H2,(H3,18,19,20,21). The highest BCUT2D eigenvalue weighted by Gasteiger charge is 2.27. The van der Waals surface area contributed by atoms with Crippen molar-refractivity contribution < 1.29 is 5.11 Å². The summed E-state index contributed by atoms with van der Waals surface area (Å²) < 4.78 is 0. The van der Waals surface area contributed by atoms with Gasteiger partial charge in [0.2, 0.25) is 0 Å². The van der Waals surface area contributed by atoms with E-state index in [0.29, 0.717) is 17.1 Å². The van der Waals surface area contributed by atoms with E-state index in [9.17, 15) is 9.90 Å². The largest absolute Gasteiger partial charge is 0.507 e. The Labute approximate surface area is 122 Å². The number of hydrogen-bond donors (Lipinski definition) is 4. The number of aromatic amines is 1. The van der Waals surface area contributed by atoms with E-state index in [2.05, 4.69) is 10.3 Å². The topological polar surface area (TPSA) is 89.0 Å². The Hall–Kier alpha value is -2.56. The zero-order valence-corrected chi connectivity index (χ0v) is 11.5. The highest BCUT2D eigenvalue weighted by Crippen LogP contribution is 2.34. The van der Waals surface area contributed by atoms with Gasteiger partial charge in [0.05, 0.1) is 5.56 Å². The molecular weight excluding hydrogens is 266 g/mol. The third-order valence-electron chi connectivity index (χ3n) is 3.85. The molecule has 0 aliphatic heterocycles. The van der Waals surface area contributed by atoms with Gasteiger partial charge in [-0.1, -0.05) is 24.6 Å². The Morgan fingerprint density at radius 3 is 2.62 bits per heavy atom. The summed E-state index contributed by atoms with van der Waals surface area (Å²) in [6.07, 6.45) is 3.03. The zero-order chi connectivity index (χ0) is 14.8. The lowest BCUT2D eigenvalue weighted by Gasteiger charge is -2.27. The Kier molecular flexibility index (Phi) is 3.48. The van der Waals surface area contributed by atoms with E-state index in [-0.39, 0.29) is 11.7 Å². The molecule has 0 spiro atoms. The second-order valence-corrected chi connectivity index (χ2v) is 5.30. The van der Waals surface area contributed by atoms with Crippen LogP contribution in [0.4, 0.5) is 11.5 Å². The fourth-order valence-electron chi connectivity index (χ4n) is 2.48. The first-order valence-corrected chi connectivity index (χ1v) is 7.02. The number of nitrogens with one attached hydrogen (secondary N) is 3. The van der Waals surface area contributed by atoms with E-state index < -0.39 is 5.56 Å². The Morgan fingerprint density at radius 1 is 1.29 bits per heavy atom. The molecule has 1 fully saturated rings. The fraction of sp³-hybridized carbons (Fsp3) is 0.250. The lowest BCUT2D eigenvalue weighted by Crippen LogP contribution is -2.24. The lowest BCUT2D eigenvalue weighted by molar-refractivity contribution is 0.410. The van der Waals surface area contributed by atoms with Gasteiger partial charge in [0.25, 0.3) is 5.56 Å². The van der Waals surface area contributed by atoms with Crippen molar-refractivity contribution in [2.45, 2.75) is 19.3 Å². The van der Waals surface area contributed by atoms with E-state index in [4.69, 9.17) is 5.41 Å². The third-order valence-corrected chi connectivity index (χ3v) is 3.85. The maximum Gasteiger partial charge on any atom is 0.253 e. The second kappa shape index (κ2) is 5.44. The number of hydrogen-bond acceptors (Lipinski definition) is 4. The molecule has 1 aromatic heterocycles. The summed E-state index contributed by atoms with van der Waals surface area (Å²) in [5, 5.41) is 21.5. The number of aromatic nitrogens is 1. The first kappa shape index (κ1) is 13.4. The van der Waals surface area contributed by atoms with Gasteiger partial charge in [-0.05, 0) is 25.0 Å². The van der Waals surface area contributed by atoms with Gasteiger partial charge >= 0.3 is 0 Å². The highest BCUT2D eigenvalue weighted by atomic mass is 16.3. The van der Waals surface area contributed by atoms with Crippen molar-refractivity contribution in [2.75, 3.05) is 5.32 Å². The van der Waals surface area contributed by atoms with Crippen molar-refractivity contribution in [3.63, 3.8) is 0 Å². The van der Waals surface area contributed by atoms with Crippen molar-refractivity contribution in [1.29, 1.82) is 5.41 Å². The molecule has 0 atom stereocenters. The minimum Gasteiger partial charge on any atom is -0.507 e. The minimum absolute atomic E-state index is 0.144. The maximum absolute atomic E-state index is 11.6. The Bertz CT molecular complexity index is 718. The van der Waals surface area contributed by atoms with Gasteiger partial charge in [-0.15, -0.1) is 0 Å². The average molecular weight is 283 g/mol. The van der Waals surface area contributed by atoms with Crippen LogP contribution in [0.1, 0.15) is 24.8 Å². The van der Waals surface area contributed by atoms with Crippen molar-refractivity contribution in [3.05, 3.63) is 52.3 Å². The molecule has 2 aromatic rings. The molecular formula is C16H17N3O2. The number of benzene rings is 1. The van der Waals surface area contributed by atoms with Crippen LogP contribution in [0.5, 0.6) is 5.75 Å². The highest BCUT2D eigenvalue weighted by molar-refractivity contribution is 6.06. The average Bonchev–Trinajstić information content (AvgIpc) is 2.36. The van der Waals surface area contributed by atoms with Crippen LogP contribution >= 0.6 is 0 Å². The van der Waals surface area contributed by atoms with Crippen molar-refractivity contribution >= 4 is 17.2 Å². The molecule has 1 heterocycles. The zero-order valence-electron chi connectivity index (χ0n) is 11.5. The van der Waals surface area contributed by atoms with E-state index >= 15 is 0 Å². The molecule has 1 aliphatic rings. The predicted octanol–water partition coefficient (Wildman–Crippen LogP) is 2.99. The molecule has 5 nitrogen and oxygen atoms in total. The number of anilines is 2. The summed E-state index contributed by atoms with van der Waals surface area (Å²) in [6.45, 7) is 0. The molecule has 3 rings (SSSR count). The molecule has 5 heteroatoms. The molecule has 4 N–H and O–H groups in total. The van der Waals surface area contributed by atoms with Gasteiger partial charge in [0.15, 0.2) is 0 Å². The first-order chi connectivity index (χ1) is 10.1. The van der Waals surface area contributed by atoms with Crippen LogP contribution in [0, 0.1) is 11.3 Å². The summed E-state index contributed by atoms with van der Waals surface area (Å²) in [6, 6.07) is 10.5. The van der Waals surface area contributed by atoms with Gasteiger partial charge < -0.3 is 20.8 Å². The Balaban J connectivity index is 2.01. The summed E-state index contributed by atoms with van der Waals surface area (Å²) in [4.78, 5) is 14.3. The SMILES string of the molecule is N=C(c1c(O)cc(=O)[nH]c1Nc1ccccc1)C1CCC1. The van der Waals surface area contributed by atoms with Crippen molar-refractivity contribution in [1.82, 2.24) is 4.98 Å². The molecule has 0 radical (unpaired) electrons. The van der Waals surface area contributed by atoms with E-state index in [0.717, 1.165) is 31.0 Å². The molecule has 1 saturated carbocycles. The van der Waals surface area contributed by atoms with Crippen LogP contribution < -0.4 is 10.9 Å². The van der Waals surface area contributed by atoms with Crippen molar-refractivity contribution in [3.8, 4) is 5.75 Å². The lowest BCUT2D eigenvalue weighted by atomic mass is 9.79. The molecule has 108 valence electrons. The number of pyridine rings is 1. The summed E-state index contributed by atoms with van der Waals surface area (Å²) >= 11 is 0. The molecule has 0 unspecified atom stereocenters. The van der Waals surface area contributed by atoms with Gasteiger partial charge in [0.1, 0.15) is 11.6 Å². The molecule has 1 aliphatic carbocycles. The number of rotatable bonds is 4. The number of para-hydroxylation sites is 1. The summed E-state index contributed by atoms with van der Waals surface area (Å²) in [5.74, 6) is 0.398. The van der Waals surface area contributed by atoms with E-state index in [1.807, 2.05) is 30.3 Å². The van der Waals surface area contributed by atoms with Crippen LogP contribution in [-0.2, 0) is 0 Å². The van der Waals surface area contributed by atoms with Gasteiger partial charge in [-0.2, -0.15) is 0 Å². The summed E-state index contributed by atoms with van der Waals surface area (Å²) in [5.41, 5.74) is 1.18. The van der Waals surface area contributed by atoms with E-state index in [1.165, 1.54) is 0 Å². The predicted molar refractivity (Wildman–Crippen MR) is 82.6 cm³/mol. The normalized spacial score (nSPS) is 14.5. The van der Waals surface area contributed by atoms with Crippen LogP contribution in [0.3, 0.4) is 0 Å². The first-order valence-electron chi connectivity index (χ1n) is 7.02. The van der Waals surface area contributed by atoms with Gasteiger partial charge in [0, 0.05) is 23.4 Å². The molecule has 0 bridgehead atoms. The quantitative estimate of drug-likeness (QED) is 0.650. The smallest absolute Gasteiger partial charge is 0.253 e. The molecule has 1 aromatic carbocycles. The number of aromatic hydroxyl groups is 1. The molecule has 21 heavy (non-hydrogen) atoms.